The quantitative estimate of drug-likeness (QED) is 0.434. The fraction of sp³-hybridized carbons (Fsp3) is 0.933. The van der Waals surface area contributed by atoms with Crippen molar-refractivity contribution in [2.45, 2.75) is 40.5 Å². The lowest BCUT2D eigenvalue weighted by Gasteiger charge is -2.23. The molecule has 130 valence electrons. The van der Waals surface area contributed by atoms with Crippen LogP contribution in [0.5, 0.6) is 0 Å². The summed E-state index contributed by atoms with van der Waals surface area (Å²) in [7, 11) is -1.45. The van der Waals surface area contributed by atoms with Gasteiger partial charge in [0, 0.05) is 39.8 Å². The predicted octanol–water partition coefficient (Wildman–Crippen LogP) is 1.36. The minimum Gasteiger partial charge on any atom is -0.357 e. The normalized spacial score (nSPS) is 19.0. The van der Waals surface area contributed by atoms with Gasteiger partial charge in [-0.1, -0.05) is 13.8 Å². The number of nitrogens with zero attached hydrogens (tertiary/aromatic N) is 3. The largest absolute Gasteiger partial charge is 0.357 e. The molecule has 0 aromatic heterocycles. The minimum absolute atomic E-state index is 0.151. The Morgan fingerprint density at radius 1 is 1.36 bits per heavy atom. The van der Waals surface area contributed by atoms with Crippen molar-refractivity contribution in [3.63, 3.8) is 0 Å². The van der Waals surface area contributed by atoms with Gasteiger partial charge in [-0.05, 0) is 32.1 Å². The van der Waals surface area contributed by atoms with E-state index < -0.39 is 10.0 Å². The van der Waals surface area contributed by atoms with E-state index in [1.54, 1.807) is 14.0 Å². The van der Waals surface area contributed by atoms with Gasteiger partial charge in [-0.2, -0.15) is 0 Å². The Labute approximate surface area is 136 Å². The number of sulfonamides is 1. The van der Waals surface area contributed by atoms with E-state index in [9.17, 15) is 8.42 Å². The van der Waals surface area contributed by atoms with Crippen LogP contribution < -0.4 is 5.32 Å². The lowest BCUT2D eigenvalue weighted by atomic mass is 9.93. The Morgan fingerprint density at radius 3 is 2.55 bits per heavy atom. The molecule has 1 heterocycles. The van der Waals surface area contributed by atoms with Crippen LogP contribution in [0.4, 0.5) is 0 Å². The number of hydrogen-bond acceptors (Lipinski definition) is 3. The highest BCUT2D eigenvalue weighted by molar-refractivity contribution is 7.89. The van der Waals surface area contributed by atoms with Crippen molar-refractivity contribution >= 4 is 16.0 Å². The zero-order chi connectivity index (χ0) is 16.8. The fourth-order valence-electron chi connectivity index (χ4n) is 2.56. The van der Waals surface area contributed by atoms with Gasteiger partial charge in [0.1, 0.15) is 0 Å². The van der Waals surface area contributed by atoms with E-state index in [1.807, 2.05) is 0 Å². The number of guanidine groups is 1. The molecule has 1 N–H and O–H groups in total. The highest BCUT2D eigenvalue weighted by atomic mass is 32.2. The van der Waals surface area contributed by atoms with E-state index in [-0.39, 0.29) is 5.75 Å². The standard InChI is InChI=1S/C15H32N4O2S/c1-6-16-14(19-12-9-15(3,4)13-19)17-10-8-11-18(5)22(20,21)7-2/h6-13H2,1-5H3,(H,16,17). The first-order valence-electron chi connectivity index (χ1n) is 8.19. The Bertz CT molecular complexity index is 474. The molecular formula is C15H32N4O2S. The van der Waals surface area contributed by atoms with E-state index in [0.717, 1.165) is 32.0 Å². The zero-order valence-electron chi connectivity index (χ0n) is 14.7. The van der Waals surface area contributed by atoms with Gasteiger partial charge in [-0.25, -0.2) is 12.7 Å². The second kappa shape index (κ2) is 8.15. The summed E-state index contributed by atoms with van der Waals surface area (Å²) in [5, 5.41) is 3.34. The molecule has 0 amide bonds. The summed E-state index contributed by atoms with van der Waals surface area (Å²) in [6.07, 6.45) is 1.91. The van der Waals surface area contributed by atoms with Crippen LogP contribution in [-0.4, -0.2) is 69.1 Å². The molecule has 6 nitrogen and oxygen atoms in total. The molecule has 22 heavy (non-hydrogen) atoms. The molecule has 0 aliphatic carbocycles. The molecule has 1 rings (SSSR count). The summed E-state index contributed by atoms with van der Waals surface area (Å²) in [5.74, 6) is 1.10. The van der Waals surface area contributed by atoms with Crippen LogP contribution in [0.2, 0.25) is 0 Å². The van der Waals surface area contributed by atoms with Crippen molar-refractivity contribution in [2.24, 2.45) is 10.4 Å². The monoisotopic (exact) mass is 332 g/mol. The molecule has 0 aromatic rings. The summed E-state index contributed by atoms with van der Waals surface area (Å²) >= 11 is 0. The molecule has 0 spiro atoms. The average molecular weight is 333 g/mol. The maximum absolute atomic E-state index is 11.7. The van der Waals surface area contributed by atoms with Gasteiger partial charge in [0.05, 0.1) is 5.75 Å². The third-order valence-corrected chi connectivity index (χ3v) is 5.91. The Morgan fingerprint density at radius 2 is 2.05 bits per heavy atom. The van der Waals surface area contributed by atoms with Crippen LogP contribution in [0.15, 0.2) is 4.99 Å². The third kappa shape index (κ3) is 5.76. The number of nitrogens with one attached hydrogen (secondary N) is 1. The number of rotatable bonds is 7. The number of aliphatic imine (C=N–C) groups is 1. The van der Waals surface area contributed by atoms with Crippen LogP contribution in [0, 0.1) is 5.41 Å². The molecule has 1 fully saturated rings. The van der Waals surface area contributed by atoms with E-state index in [1.165, 1.54) is 10.7 Å². The maximum atomic E-state index is 11.7. The maximum Gasteiger partial charge on any atom is 0.213 e. The summed E-state index contributed by atoms with van der Waals surface area (Å²) in [6.45, 7) is 12.3. The van der Waals surface area contributed by atoms with Crippen molar-refractivity contribution in [3.8, 4) is 0 Å². The van der Waals surface area contributed by atoms with Crippen LogP contribution in [-0.2, 0) is 10.0 Å². The van der Waals surface area contributed by atoms with E-state index in [2.05, 4.69) is 36.0 Å². The second-order valence-corrected chi connectivity index (χ2v) is 9.01. The topological polar surface area (TPSA) is 65.0 Å². The van der Waals surface area contributed by atoms with Gasteiger partial charge in [0.25, 0.3) is 0 Å². The Hall–Kier alpha value is -0.820. The second-order valence-electron chi connectivity index (χ2n) is 6.65. The van der Waals surface area contributed by atoms with Crippen LogP contribution in [0.25, 0.3) is 0 Å². The van der Waals surface area contributed by atoms with Gasteiger partial charge in [0.15, 0.2) is 5.96 Å². The van der Waals surface area contributed by atoms with Gasteiger partial charge in [-0.3, -0.25) is 4.99 Å². The van der Waals surface area contributed by atoms with Gasteiger partial charge in [-0.15, -0.1) is 0 Å². The SMILES string of the molecule is CCNC(=NCCCN(C)S(=O)(=O)CC)N1CCC(C)(C)C1. The summed E-state index contributed by atoms with van der Waals surface area (Å²) < 4.78 is 24.8. The summed E-state index contributed by atoms with van der Waals surface area (Å²) in [5.41, 5.74) is 0.339. The molecule has 0 bridgehead atoms. The van der Waals surface area contributed by atoms with Crippen molar-refractivity contribution in [1.82, 2.24) is 14.5 Å². The number of hydrogen-bond donors (Lipinski definition) is 1. The summed E-state index contributed by atoms with van der Waals surface area (Å²) in [6, 6.07) is 0. The molecule has 0 saturated carbocycles. The first-order chi connectivity index (χ1) is 10.2. The Balaban J connectivity index is 2.50. The lowest BCUT2D eigenvalue weighted by molar-refractivity contribution is 0.370. The number of likely N-dealkylation sites (tertiary alicyclic amines) is 1. The molecule has 7 heteroatoms. The van der Waals surface area contributed by atoms with E-state index in [4.69, 9.17) is 0 Å². The van der Waals surface area contributed by atoms with E-state index in [0.29, 0.717) is 18.5 Å². The molecule has 1 aliphatic rings. The predicted molar refractivity (Wildman–Crippen MR) is 92.7 cm³/mol. The van der Waals surface area contributed by atoms with Crippen molar-refractivity contribution in [2.75, 3.05) is 45.5 Å². The van der Waals surface area contributed by atoms with Crippen LogP contribution >= 0.6 is 0 Å². The highest BCUT2D eigenvalue weighted by Gasteiger charge is 2.30. The lowest BCUT2D eigenvalue weighted by Crippen LogP contribution is -2.41. The highest BCUT2D eigenvalue weighted by Crippen LogP contribution is 2.28. The summed E-state index contributed by atoms with van der Waals surface area (Å²) in [4.78, 5) is 6.95. The van der Waals surface area contributed by atoms with Crippen LogP contribution in [0.3, 0.4) is 0 Å². The van der Waals surface area contributed by atoms with Crippen molar-refractivity contribution in [1.29, 1.82) is 0 Å². The zero-order valence-corrected chi connectivity index (χ0v) is 15.5. The smallest absolute Gasteiger partial charge is 0.213 e. The van der Waals surface area contributed by atoms with Gasteiger partial charge in [0.2, 0.25) is 10.0 Å². The first-order valence-corrected chi connectivity index (χ1v) is 9.80. The van der Waals surface area contributed by atoms with Crippen LogP contribution in [0.1, 0.15) is 40.5 Å². The Kier molecular flexibility index (Phi) is 7.12. The average Bonchev–Trinajstić information content (AvgIpc) is 2.82. The molecule has 1 saturated heterocycles. The molecular weight excluding hydrogens is 300 g/mol. The molecule has 0 atom stereocenters. The first kappa shape index (κ1) is 19.2. The van der Waals surface area contributed by atoms with Gasteiger partial charge < -0.3 is 10.2 Å². The fourth-order valence-corrected chi connectivity index (χ4v) is 3.40. The van der Waals surface area contributed by atoms with Crippen molar-refractivity contribution < 1.29 is 8.42 Å². The molecule has 0 unspecified atom stereocenters. The third-order valence-electron chi connectivity index (χ3n) is 4.04. The van der Waals surface area contributed by atoms with E-state index >= 15 is 0 Å². The van der Waals surface area contributed by atoms with Gasteiger partial charge >= 0.3 is 0 Å². The molecule has 0 radical (unpaired) electrons. The van der Waals surface area contributed by atoms with Crippen molar-refractivity contribution in [3.05, 3.63) is 0 Å². The molecule has 0 aromatic carbocycles. The minimum atomic E-state index is -3.08. The molecule has 1 aliphatic heterocycles.